The average molecular weight is 682 g/mol. The van der Waals surface area contributed by atoms with E-state index in [2.05, 4.69) is 0 Å². The van der Waals surface area contributed by atoms with E-state index in [1.54, 1.807) is 45.0 Å². The van der Waals surface area contributed by atoms with Crippen molar-refractivity contribution in [3.8, 4) is 0 Å². The fraction of sp³-hybridized carbons (Fsp3) is 0.282. The predicted octanol–water partition coefficient (Wildman–Crippen LogP) is 8.98. The lowest BCUT2D eigenvalue weighted by molar-refractivity contribution is -0.0371. The van der Waals surface area contributed by atoms with E-state index in [9.17, 15) is 14.4 Å². The van der Waals surface area contributed by atoms with Crippen LogP contribution in [0.3, 0.4) is 0 Å². The molecule has 7 nitrogen and oxygen atoms in total. The molecule has 4 aromatic rings. The lowest BCUT2D eigenvalue weighted by Gasteiger charge is -2.41. The molecule has 4 aromatic carbocycles. The third-order valence-electron chi connectivity index (χ3n) is 7.53. The van der Waals surface area contributed by atoms with Crippen molar-refractivity contribution in [2.75, 3.05) is 5.94 Å². The molecule has 0 N–H and O–H groups in total. The van der Waals surface area contributed by atoms with Crippen molar-refractivity contribution in [1.82, 2.24) is 14.9 Å². The Morgan fingerprint density at radius 3 is 1.71 bits per heavy atom. The van der Waals surface area contributed by atoms with Gasteiger partial charge in [0.05, 0.1) is 5.54 Å². The predicted molar refractivity (Wildman–Crippen MR) is 197 cm³/mol. The van der Waals surface area contributed by atoms with Crippen molar-refractivity contribution in [1.29, 1.82) is 0 Å². The van der Waals surface area contributed by atoms with Crippen LogP contribution in [0.15, 0.2) is 103 Å². The highest BCUT2D eigenvalue weighted by atomic mass is 32.2. The van der Waals surface area contributed by atoms with Gasteiger partial charge in [0, 0.05) is 24.2 Å². The Kier molecular flexibility index (Phi) is 12.6. The summed E-state index contributed by atoms with van der Waals surface area (Å²) in [5.41, 5.74) is 4.65. The smallest absolute Gasteiger partial charge is 0.436 e. The van der Waals surface area contributed by atoms with Crippen molar-refractivity contribution in [2.24, 2.45) is 0 Å². The van der Waals surface area contributed by atoms with Crippen LogP contribution in [0.2, 0.25) is 0 Å². The summed E-state index contributed by atoms with van der Waals surface area (Å²) < 4.78 is 6.27. The number of hydrazine groups is 1. The van der Waals surface area contributed by atoms with Crippen LogP contribution >= 0.6 is 24.0 Å². The number of benzene rings is 4. The number of nitrogens with zero attached hydrogens (tertiary/aromatic N) is 3. The van der Waals surface area contributed by atoms with Crippen LogP contribution in [-0.4, -0.2) is 48.6 Å². The Bertz CT molecular complexity index is 1660. The normalized spacial score (nSPS) is 11.0. The van der Waals surface area contributed by atoms with Crippen molar-refractivity contribution < 1.29 is 19.1 Å². The molecule has 0 aromatic heterocycles. The first-order valence-corrected chi connectivity index (χ1v) is 17.3. The van der Waals surface area contributed by atoms with E-state index < -0.39 is 23.4 Å². The molecule has 4 rings (SSSR count). The molecule has 0 aliphatic heterocycles. The van der Waals surface area contributed by atoms with Crippen LogP contribution < -0.4 is 0 Å². The zero-order chi connectivity index (χ0) is 34.8. The maximum Gasteiger partial charge on any atom is 0.437 e. The summed E-state index contributed by atoms with van der Waals surface area (Å²) in [4.78, 5) is 44.4. The second kappa shape index (κ2) is 16.6. The fourth-order valence-electron chi connectivity index (χ4n) is 5.25. The summed E-state index contributed by atoms with van der Waals surface area (Å²) in [6.45, 7) is 12.3. The van der Waals surface area contributed by atoms with Gasteiger partial charge in [-0.2, -0.15) is 0 Å². The lowest BCUT2D eigenvalue weighted by Crippen LogP contribution is -2.60. The largest absolute Gasteiger partial charge is 0.437 e. The number of hydrogen-bond acceptors (Lipinski definition) is 6. The molecule has 0 aliphatic rings. The van der Waals surface area contributed by atoms with Crippen molar-refractivity contribution >= 4 is 46.2 Å². The van der Waals surface area contributed by atoms with Crippen molar-refractivity contribution in [3.63, 3.8) is 0 Å². The Morgan fingerprint density at radius 2 is 1.23 bits per heavy atom. The van der Waals surface area contributed by atoms with Gasteiger partial charge in [0.25, 0.3) is 11.8 Å². The van der Waals surface area contributed by atoms with E-state index in [1.807, 2.05) is 105 Å². The second-order valence-corrected chi connectivity index (χ2v) is 14.2. The molecule has 0 heterocycles. The summed E-state index contributed by atoms with van der Waals surface area (Å²) in [5, 5.41) is 2.02. The molecule has 48 heavy (non-hydrogen) atoms. The van der Waals surface area contributed by atoms with Gasteiger partial charge in [-0.15, -0.1) is 5.01 Å². The number of carbonyl (C=O) groups excluding carboxylic acids is 3. The molecule has 0 radical (unpaired) electrons. The van der Waals surface area contributed by atoms with Gasteiger partial charge in [-0.3, -0.25) is 9.59 Å². The van der Waals surface area contributed by atoms with Gasteiger partial charge in [0.15, 0.2) is 0 Å². The molecule has 0 unspecified atom stereocenters. The summed E-state index contributed by atoms with van der Waals surface area (Å²) in [6, 6.07) is 32.5. The first kappa shape index (κ1) is 36.4. The second-order valence-electron chi connectivity index (χ2n) is 12.6. The van der Waals surface area contributed by atoms with E-state index in [1.165, 1.54) is 16.8 Å². The molecular formula is C39H43N3O4S2. The molecule has 3 amide bonds. The van der Waals surface area contributed by atoms with Gasteiger partial charge in [0.1, 0.15) is 10.3 Å². The molecule has 0 bridgehead atoms. The highest BCUT2D eigenvalue weighted by molar-refractivity contribution is 8.22. The maximum absolute atomic E-state index is 14.2. The number of thiocarbonyl (C=S) groups is 1. The van der Waals surface area contributed by atoms with E-state index in [0.717, 1.165) is 39.2 Å². The van der Waals surface area contributed by atoms with Crippen molar-refractivity contribution in [3.05, 3.63) is 142 Å². The highest BCUT2D eigenvalue weighted by Gasteiger charge is 2.41. The third kappa shape index (κ3) is 9.78. The minimum absolute atomic E-state index is 0.161. The van der Waals surface area contributed by atoms with Gasteiger partial charge in [-0.1, -0.05) is 121 Å². The minimum atomic E-state index is -0.975. The quantitative estimate of drug-likeness (QED) is 0.0992. The van der Waals surface area contributed by atoms with Crippen molar-refractivity contribution in [2.45, 2.75) is 66.6 Å². The number of thioether (sulfide) groups is 1. The van der Waals surface area contributed by atoms with Crippen LogP contribution in [0.1, 0.15) is 76.2 Å². The first-order valence-electron chi connectivity index (χ1n) is 15.9. The van der Waals surface area contributed by atoms with E-state index in [4.69, 9.17) is 17.0 Å². The molecule has 0 saturated carbocycles. The van der Waals surface area contributed by atoms with Gasteiger partial charge in [-0.25, -0.2) is 9.80 Å². The molecule has 250 valence electrons. The van der Waals surface area contributed by atoms with Gasteiger partial charge >= 0.3 is 6.09 Å². The van der Waals surface area contributed by atoms with Gasteiger partial charge in [0.2, 0.25) is 0 Å². The summed E-state index contributed by atoms with van der Waals surface area (Å²) in [7, 11) is 0. The van der Waals surface area contributed by atoms with Crippen LogP contribution in [0.4, 0.5) is 4.79 Å². The van der Waals surface area contributed by atoms with Gasteiger partial charge < -0.3 is 9.64 Å². The first-order chi connectivity index (χ1) is 22.9. The maximum atomic E-state index is 14.2. The zero-order valence-corrected chi connectivity index (χ0v) is 30.1. The lowest BCUT2D eigenvalue weighted by atomic mass is 10.0. The van der Waals surface area contributed by atoms with Crippen LogP contribution in [0.5, 0.6) is 0 Å². The molecule has 0 fully saturated rings. The number of ether oxygens (including phenoxy) is 1. The number of amides is 3. The van der Waals surface area contributed by atoms with Crippen LogP contribution in [-0.2, 0) is 24.2 Å². The zero-order valence-electron chi connectivity index (χ0n) is 28.4. The minimum Gasteiger partial charge on any atom is -0.436 e. The van der Waals surface area contributed by atoms with Crippen LogP contribution in [0.25, 0.3) is 0 Å². The average Bonchev–Trinajstić information content (AvgIpc) is 3.06. The molecular weight excluding hydrogens is 639 g/mol. The summed E-state index contributed by atoms with van der Waals surface area (Å²) in [6.07, 6.45) is -0.178. The molecule has 0 aliphatic carbocycles. The number of carbonyl (C=O) groups is 3. The van der Waals surface area contributed by atoms with E-state index >= 15 is 0 Å². The molecule has 9 heteroatoms. The number of rotatable bonds is 9. The topological polar surface area (TPSA) is 70.2 Å². The summed E-state index contributed by atoms with van der Waals surface area (Å²) in [5.74, 6) is -1.33. The Balaban J connectivity index is 1.60. The van der Waals surface area contributed by atoms with Gasteiger partial charge in [-0.05, 0) is 82.0 Å². The standard InChI is InChI=1S/C39H43N3O4S2/c1-7-30-18-20-33(21-19-30)35(43)41(42(39(4,5)6)36(44)34-23-28(2)22-29(3)24-34)37(45)46-27-48-38(47)40(25-31-14-10-8-11-15-31)26-32-16-12-9-13-17-32/h8-24H,7,25-27H2,1-6H3. The molecule has 0 spiro atoms. The Morgan fingerprint density at radius 1 is 0.708 bits per heavy atom. The summed E-state index contributed by atoms with van der Waals surface area (Å²) >= 11 is 7.02. The molecule has 0 saturated heterocycles. The molecule has 0 atom stereocenters. The third-order valence-corrected chi connectivity index (χ3v) is 8.88. The fourth-order valence-corrected chi connectivity index (χ4v) is 6.10. The Labute approximate surface area is 293 Å². The number of aryl methyl sites for hydroxylation is 3. The monoisotopic (exact) mass is 681 g/mol. The number of hydrogen-bond donors (Lipinski definition) is 0. The van der Waals surface area contributed by atoms with E-state index in [-0.39, 0.29) is 11.5 Å². The highest BCUT2D eigenvalue weighted by Crippen LogP contribution is 2.26. The van der Waals surface area contributed by atoms with E-state index in [0.29, 0.717) is 23.0 Å². The van der Waals surface area contributed by atoms with Crippen LogP contribution in [0, 0.1) is 13.8 Å². The Hall–Kier alpha value is -4.47. The SMILES string of the molecule is CCc1ccc(C(=O)N(C(=O)OCSC(=S)N(Cc2ccccc2)Cc2ccccc2)N(C(=O)c2cc(C)cc(C)c2)C(C)(C)C)cc1. The number of imide groups is 1.